The third kappa shape index (κ3) is 2.19. The van der Waals surface area contributed by atoms with Gasteiger partial charge in [0.05, 0.1) is 6.10 Å². The first-order valence-corrected chi connectivity index (χ1v) is 4.41. The van der Waals surface area contributed by atoms with Crippen LogP contribution in [0, 0.1) is 0 Å². The Hall–Kier alpha value is -0.0500. The molecule has 0 radical (unpaired) electrons. The molecule has 0 unspecified atom stereocenters. The SMILES string of the molecule is C[C@H](O)c1cc(Cl)ccc1Br. The number of aliphatic hydroxyl groups is 1. The van der Waals surface area contributed by atoms with Crippen molar-refractivity contribution in [3.8, 4) is 0 Å². The lowest BCUT2D eigenvalue weighted by molar-refractivity contribution is 0.198. The summed E-state index contributed by atoms with van der Waals surface area (Å²) in [7, 11) is 0. The Bertz CT molecular complexity index is 260. The number of hydrogen-bond acceptors (Lipinski definition) is 1. The third-order valence-corrected chi connectivity index (χ3v) is 2.37. The Morgan fingerprint density at radius 3 is 2.64 bits per heavy atom. The highest BCUT2D eigenvalue weighted by Gasteiger charge is 2.05. The van der Waals surface area contributed by atoms with Gasteiger partial charge in [-0.25, -0.2) is 0 Å². The summed E-state index contributed by atoms with van der Waals surface area (Å²) < 4.78 is 0.886. The molecule has 0 aliphatic heterocycles. The molecule has 0 spiro atoms. The van der Waals surface area contributed by atoms with Crippen LogP contribution in [-0.4, -0.2) is 5.11 Å². The van der Waals surface area contributed by atoms with Gasteiger partial charge in [-0.15, -0.1) is 0 Å². The molecule has 0 bridgehead atoms. The van der Waals surface area contributed by atoms with Crippen LogP contribution < -0.4 is 0 Å². The Kier molecular flexibility index (Phi) is 2.93. The maximum Gasteiger partial charge on any atom is 0.0773 e. The molecule has 1 atom stereocenters. The van der Waals surface area contributed by atoms with Crippen LogP contribution in [0.3, 0.4) is 0 Å². The molecular formula is C8H8BrClO. The second kappa shape index (κ2) is 3.57. The van der Waals surface area contributed by atoms with Gasteiger partial charge in [0.1, 0.15) is 0 Å². The summed E-state index contributed by atoms with van der Waals surface area (Å²) in [5, 5.41) is 9.88. The van der Waals surface area contributed by atoms with E-state index in [4.69, 9.17) is 11.6 Å². The molecule has 11 heavy (non-hydrogen) atoms. The van der Waals surface area contributed by atoms with Crippen LogP contribution >= 0.6 is 27.5 Å². The average molecular weight is 236 g/mol. The summed E-state index contributed by atoms with van der Waals surface area (Å²) in [5.74, 6) is 0. The van der Waals surface area contributed by atoms with E-state index < -0.39 is 6.10 Å². The van der Waals surface area contributed by atoms with Gasteiger partial charge in [-0.1, -0.05) is 27.5 Å². The zero-order valence-electron chi connectivity index (χ0n) is 6.01. The predicted molar refractivity (Wildman–Crippen MR) is 49.8 cm³/mol. The van der Waals surface area contributed by atoms with E-state index in [2.05, 4.69) is 15.9 Å². The second-order valence-electron chi connectivity index (χ2n) is 2.34. The van der Waals surface area contributed by atoms with E-state index in [1.165, 1.54) is 0 Å². The third-order valence-electron chi connectivity index (χ3n) is 1.41. The van der Waals surface area contributed by atoms with Crippen molar-refractivity contribution in [3.63, 3.8) is 0 Å². The minimum absolute atomic E-state index is 0.483. The van der Waals surface area contributed by atoms with Crippen LogP contribution in [0.25, 0.3) is 0 Å². The monoisotopic (exact) mass is 234 g/mol. The van der Waals surface area contributed by atoms with E-state index in [0.29, 0.717) is 5.02 Å². The Morgan fingerprint density at radius 2 is 2.18 bits per heavy atom. The van der Waals surface area contributed by atoms with Gasteiger partial charge in [0, 0.05) is 9.50 Å². The average Bonchev–Trinajstić information content (AvgIpc) is 1.94. The van der Waals surface area contributed by atoms with Gasteiger partial charge in [0.15, 0.2) is 0 Å². The quantitative estimate of drug-likeness (QED) is 0.793. The first-order valence-electron chi connectivity index (χ1n) is 3.24. The normalized spacial score (nSPS) is 13.1. The molecule has 0 aromatic heterocycles. The highest BCUT2D eigenvalue weighted by molar-refractivity contribution is 9.10. The van der Waals surface area contributed by atoms with E-state index in [0.717, 1.165) is 10.0 Å². The summed E-state index contributed by atoms with van der Waals surface area (Å²) in [6.45, 7) is 1.70. The van der Waals surface area contributed by atoms with Crippen molar-refractivity contribution in [1.29, 1.82) is 0 Å². The molecule has 3 heteroatoms. The first kappa shape index (κ1) is 9.04. The molecule has 60 valence electrons. The van der Waals surface area contributed by atoms with Crippen molar-refractivity contribution in [3.05, 3.63) is 33.3 Å². The molecular weight excluding hydrogens is 227 g/mol. The summed E-state index contributed by atoms with van der Waals surface area (Å²) in [4.78, 5) is 0. The molecule has 0 aliphatic carbocycles. The van der Waals surface area contributed by atoms with Gasteiger partial charge in [-0.2, -0.15) is 0 Å². The Balaban J connectivity index is 3.13. The van der Waals surface area contributed by atoms with Crippen molar-refractivity contribution in [2.75, 3.05) is 0 Å². The lowest BCUT2D eigenvalue weighted by atomic mass is 10.1. The minimum Gasteiger partial charge on any atom is -0.389 e. The van der Waals surface area contributed by atoms with Crippen LogP contribution in [-0.2, 0) is 0 Å². The Morgan fingerprint density at radius 1 is 1.55 bits per heavy atom. The molecule has 1 nitrogen and oxygen atoms in total. The molecule has 0 amide bonds. The van der Waals surface area contributed by atoms with E-state index in [1.54, 1.807) is 19.1 Å². The zero-order chi connectivity index (χ0) is 8.43. The van der Waals surface area contributed by atoms with E-state index in [-0.39, 0.29) is 0 Å². The summed E-state index contributed by atoms with van der Waals surface area (Å²) >= 11 is 9.04. The Labute approximate surface area is 79.1 Å². The van der Waals surface area contributed by atoms with Gasteiger partial charge in [0.2, 0.25) is 0 Å². The molecule has 0 heterocycles. The predicted octanol–water partition coefficient (Wildman–Crippen LogP) is 3.16. The standard InChI is InChI=1S/C8H8BrClO/c1-5(11)7-4-6(10)2-3-8(7)9/h2-5,11H,1H3/t5-/m0/s1. The topological polar surface area (TPSA) is 20.2 Å². The molecule has 1 aromatic carbocycles. The number of halogens is 2. The smallest absolute Gasteiger partial charge is 0.0773 e. The fourth-order valence-electron chi connectivity index (χ4n) is 0.835. The van der Waals surface area contributed by atoms with Crippen LogP contribution in [0.5, 0.6) is 0 Å². The van der Waals surface area contributed by atoms with Crippen molar-refractivity contribution in [2.24, 2.45) is 0 Å². The van der Waals surface area contributed by atoms with Gasteiger partial charge in [0.25, 0.3) is 0 Å². The number of aliphatic hydroxyl groups excluding tert-OH is 1. The van der Waals surface area contributed by atoms with Crippen molar-refractivity contribution in [2.45, 2.75) is 13.0 Å². The molecule has 1 rings (SSSR count). The lowest BCUT2D eigenvalue weighted by Gasteiger charge is -2.06. The molecule has 0 saturated carbocycles. The van der Waals surface area contributed by atoms with Gasteiger partial charge >= 0.3 is 0 Å². The summed E-state index contributed by atoms with van der Waals surface area (Å²) in [6, 6.07) is 5.35. The fourth-order valence-corrected chi connectivity index (χ4v) is 1.59. The molecule has 0 saturated heterocycles. The highest BCUT2D eigenvalue weighted by atomic mass is 79.9. The van der Waals surface area contributed by atoms with Gasteiger partial charge < -0.3 is 5.11 Å². The van der Waals surface area contributed by atoms with Crippen molar-refractivity contribution < 1.29 is 5.11 Å². The number of hydrogen-bond donors (Lipinski definition) is 1. The van der Waals surface area contributed by atoms with Crippen LogP contribution in [0.2, 0.25) is 5.02 Å². The first-order chi connectivity index (χ1) is 5.11. The van der Waals surface area contributed by atoms with E-state index in [9.17, 15) is 5.11 Å². The molecule has 1 N–H and O–H groups in total. The fraction of sp³-hybridized carbons (Fsp3) is 0.250. The van der Waals surface area contributed by atoms with E-state index >= 15 is 0 Å². The minimum atomic E-state index is -0.483. The van der Waals surface area contributed by atoms with Crippen molar-refractivity contribution in [1.82, 2.24) is 0 Å². The molecule has 1 aromatic rings. The second-order valence-corrected chi connectivity index (χ2v) is 3.63. The lowest BCUT2D eigenvalue weighted by Crippen LogP contribution is -1.91. The van der Waals surface area contributed by atoms with Crippen LogP contribution in [0.4, 0.5) is 0 Å². The molecule has 0 fully saturated rings. The van der Waals surface area contributed by atoms with Crippen LogP contribution in [0.15, 0.2) is 22.7 Å². The highest BCUT2D eigenvalue weighted by Crippen LogP contribution is 2.25. The number of rotatable bonds is 1. The number of benzene rings is 1. The van der Waals surface area contributed by atoms with Gasteiger partial charge in [-0.3, -0.25) is 0 Å². The molecule has 0 aliphatic rings. The largest absolute Gasteiger partial charge is 0.389 e. The zero-order valence-corrected chi connectivity index (χ0v) is 8.35. The van der Waals surface area contributed by atoms with E-state index in [1.807, 2.05) is 6.07 Å². The van der Waals surface area contributed by atoms with Crippen LogP contribution in [0.1, 0.15) is 18.6 Å². The summed E-state index contributed by atoms with van der Waals surface area (Å²) in [5.41, 5.74) is 0.817. The van der Waals surface area contributed by atoms with Gasteiger partial charge in [-0.05, 0) is 30.7 Å². The van der Waals surface area contributed by atoms with Crippen molar-refractivity contribution >= 4 is 27.5 Å². The maximum atomic E-state index is 9.24. The maximum absolute atomic E-state index is 9.24. The summed E-state index contributed by atoms with van der Waals surface area (Å²) in [6.07, 6.45) is -0.483.